The number of likely N-dealkylation sites (N-methyl/N-ethyl adjacent to an activating group) is 1. The minimum absolute atomic E-state index is 0.00348. The van der Waals surface area contributed by atoms with Crippen LogP contribution in [-0.4, -0.2) is 44.2 Å². The molecule has 1 aliphatic heterocycles. The van der Waals surface area contributed by atoms with E-state index in [2.05, 4.69) is 35.2 Å². The van der Waals surface area contributed by atoms with E-state index in [0.717, 1.165) is 37.4 Å². The third-order valence-corrected chi connectivity index (χ3v) is 4.57. The number of carbonyl (C=O) groups excluding carboxylic acids is 1. The molecule has 4 heteroatoms. The number of amides is 1. The molecule has 26 heavy (non-hydrogen) atoms. The molecule has 4 nitrogen and oxygen atoms in total. The monoisotopic (exact) mass is 350 g/mol. The number of hydrogen-bond acceptors (Lipinski definition) is 3. The first-order chi connectivity index (χ1) is 12.6. The highest BCUT2D eigenvalue weighted by atomic mass is 16.5. The SMILES string of the molecule is Cc1cccc(/C=C/C(=O)N(C)Cc2ccc(N3CCOCC3)cc2)c1. The van der Waals surface area contributed by atoms with Crippen LogP contribution in [0.2, 0.25) is 0 Å². The molecule has 136 valence electrons. The first-order valence-corrected chi connectivity index (χ1v) is 9.03. The number of morpholine rings is 1. The van der Waals surface area contributed by atoms with Gasteiger partial charge in [0.05, 0.1) is 13.2 Å². The summed E-state index contributed by atoms with van der Waals surface area (Å²) in [7, 11) is 1.83. The van der Waals surface area contributed by atoms with E-state index in [4.69, 9.17) is 4.74 Å². The number of aryl methyl sites for hydroxylation is 1. The molecule has 0 bridgehead atoms. The Balaban J connectivity index is 1.56. The number of anilines is 1. The highest BCUT2D eigenvalue weighted by Crippen LogP contribution is 2.17. The average Bonchev–Trinajstić information content (AvgIpc) is 2.67. The van der Waals surface area contributed by atoms with Crippen molar-refractivity contribution in [3.63, 3.8) is 0 Å². The third kappa shape index (κ3) is 4.96. The van der Waals surface area contributed by atoms with Crippen molar-refractivity contribution >= 4 is 17.7 Å². The molecule has 3 rings (SSSR count). The normalized spacial score (nSPS) is 14.6. The fraction of sp³-hybridized carbons (Fsp3) is 0.318. The molecule has 2 aromatic carbocycles. The molecule has 0 spiro atoms. The van der Waals surface area contributed by atoms with Gasteiger partial charge in [-0.1, -0.05) is 42.0 Å². The zero-order valence-corrected chi connectivity index (χ0v) is 15.5. The molecule has 2 aromatic rings. The van der Waals surface area contributed by atoms with Gasteiger partial charge in [-0.25, -0.2) is 0 Å². The molecule has 0 aliphatic carbocycles. The minimum Gasteiger partial charge on any atom is -0.378 e. The zero-order chi connectivity index (χ0) is 18.4. The number of hydrogen-bond donors (Lipinski definition) is 0. The fourth-order valence-corrected chi connectivity index (χ4v) is 3.05. The van der Waals surface area contributed by atoms with Crippen LogP contribution in [0.3, 0.4) is 0 Å². The molecule has 0 radical (unpaired) electrons. The van der Waals surface area contributed by atoms with E-state index in [1.807, 2.05) is 38.2 Å². The molecule has 1 saturated heterocycles. The molecule has 0 aromatic heterocycles. The summed E-state index contributed by atoms with van der Waals surface area (Å²) >= 11 is 0. The third-order valence-electron chi connectivity index (χ3n) is 4.57. The summed E-state index contributed by atoms with van der Waals surface area (Å²) in [5.74, 6) is 0.00348. The fourth-order valence-electron chi connectivity index (χ4n) is 3.05. The standard InChI is InChI=1S/C22H26N2O2/c1-18-4-3-5-19(16-18)8-11-22(25)23(2)17-20-6-9-21(10-7-20)24-12-14-26-15-13-24/h3-11,16H,12-15,17H2,1-2H3/b11-8+. The summed E-state index contributed by atoms with van der Waals surface area (Å²) < 4.78 is 5.39. The second-order valence-corrected chi connectivity index (χ2v) is 6.71. The highest BCUT2D eigenvalue weighted by molar-refractivity contribution is 5.91. The largest absolute Gasteiger partial charge is 0.378 e. The second kappa shape index (κ2) is 8.68. The lowest BCUT2D eigenvalue weighted by Gasteiger charge is -2.29. The molecule has 0 unspecified atom stereocenters. The molecule has 1 fully saturated rings. The van der Waals surface area contributed by atoms with E-state index >= 15 is 0 Å². The quantitative estimate of drug-likeness (QED) is 0.774. The van der Waals surface area contributed by atoms with Crippen molar-refractivity contribution in [1.29, 1.82) is 0 Å². The van der Waals surface area contributed by atoms with Crippen LogP contribution in [0.1, 0.15) is 16.7 Å². The van der Waals surface area contributed by atoms with Crippen molar-refractivity contribution in [2.75, 3.05) is 38.3 Å². The van der Waals surface area contributed by atoms with Gasteiger partial charge in [0.15, 0.2) is 0 Å². The summed E-state index contributed by atoms with van der Waals surface area (Å²) in [6.45, 7) is 6.08. The van der Waals surface area contributed by atoms with Crippen LogP contribution in [0, 0.1) is 6.92 Å². The van der Waals surface area contributed by atoms with E-state index in [1.54, 1.807) is 11.0 Å². The van der Waals surface area contributed by atoms with Gasteiger partial charge in [-0.05, 0) is 36.3 Å². The molecule has 0 saturated carbocycles. The summed E-state index contributed by atoms with van der Waals surface area (Å²) in [5.41, 5.74) is 4.57. The first kappa shape index (κ1) is 18.2. The summed E-state index contributed by atoms with van der Waals surface area (Å²) in [4.78, 5) is 16.4. The van der Waals surface area contributed by atoms with Crippen LogP contribution in [-0.2, 0) is 16.1 Å². The molecule has 0 atom stereocenters. The maximum absolute atomic E-state index is 12.3. The van der Waals surface area contributed by atoms with Gasteiger partial charge in [-0.15, -0.1) is 0 Å². The lowest BCUT2D eigenvalue weighted by atomic mass is 10.1. The molecule has 1 aliphatic rings. The average molecular weight is 350 g/mol. The predicted octanol–water partition coefficient (Wildman–Crippen LogP) is 3.50. The number of ether oxygens (including phenoxy) is 1. The van der Waals surface area contributed by atoms with Gasteiger partial charge in [0.2, 0.25) is 5.91 Å². The highest BCUT2D eigenvalue weighted by Gasteiger charge is 2.11. The van der Waals surface area contributed by atoms with Crippen molar-refractivity contribution in [2.24, 2.45) is 0 Å². The van der Waals surface area contributed by atoms with Crippen molar-refractivity contribution < 1.29 is 9.53 Å². The number of carbonyl (C=O) groups is 1. The van der Waals surface area contributed by atoms with Crippen molar-refractivity contribution in [2.45, 2.75) is 13.5 Å². The van der Waals surface area contributed by atoms with Crippen LogP contribution in [0.5, 0.6) is 0 Å². The van der Waals surface area contributed by atoms with Gasteiger partial charge < -0.3 is 14.5 Å². The molecule has 1 heterocycles. The minimum atomic E-state index is 0.00348. The molecular weight excluding hydrogens is 324 g/mol. The Hall–Kier alpha value is -2.59. The van der Waals surface area contributed by atoms with E-state index in [1.165, 1.54) is 11.3 Å². The van der Waals surface area contributed by atoms with E-state index in [-0.39, 0.29) is 5.91 Å². The molecule has 1 amide bonds. The van der Waals surface area contributed by atoms with Gasteiger partial charge in [0, 0.05) is 38.4 Å². The van der Waals surface area contributed by atoms with Crippen molar-refractivity contribution in [3.8, 4) is 0 Å². The van der Waals surface area contributed by atoms with Gasteiger partial charge in [0.1, 0.15) is 0 Å². The Morgan fingerprint density at radius 2 is 1.88 bits per heavy atom. The number of nitrogens with zero attached hydrogens (tertiary/aromatic N) is 2. The summed E-state index contributed by atoms with van der Waals surface area (Å²) in [6, 6.07) is 16.6. The Morgan fingerprint density at radius 3 is 2.58 bits per heavy atom. The number of benzene rings is 2. The smallest absolute Gasteiger partial charge is 0.246 e. The Labute approximate surface area is 155 Å². The van der Waals surface area contributed by atoms with Gasteiger partial charge in [0.25, 0.3) is 0 Å². The van der Waals surface area contributed by atoms with Crippen LogP contribution >= 0.6 is 0 Å². The van der Waals surface area contributed by atoms with Crippen LogP contribution in [0.4, 0.5) is 5.69 Å². The maximum atomic E-state index is 12.3. The van der Waals surface area contributed by atoms with E-state index in [0.29, 0.717) is 6.54 Å². The van der Waals surface area contributed by atoms with Crippen LogP contribution < -0.4 is 4.90 Å². The van der Waals surface area contributed by atoms with Gasteiger partial charge >= 0.3 is 0 Å². The van der Waals surface area contributed by atoms with Gasteiger partial charge in [-0.2, -0.15) is 0 Å². The lowest BCUT2D eigenvalue weighted by Crippen LogP contribution is -2.36. The second-order valence-electron chi connectivity index (χ2n) is 6.71. The maximum Gasteiger partial charge on any atom is 0.246 e. The summed E-state index contributed by atoms with van der Waals surface area (Å²) in [6.07, 6.45) is 3.50. The Bertz CT molecular complexity index is 762. The van der Waals surface area contributed by atoms with Crippen LogP contribution in [0.15, 0.2) is 54.6 Å². The molecule has 0 N–H and O–H groups in total. The summed E-state index contributed by atoms with van der Waals surface area (Å²) in [5, 5.41) is 0. The van der Waals surface area contributed by atoms with E-state index in [9.17, 15) is 4.79 Å². The Kier molecular flexibility index (Phi) is 6.08. The molecular formula is C22H26N2O2. The van der Waals surface area contributed by atoms with Crippen molar-refractivity contribution in [1.82, 2.24) is 4.90 Å². The predicted molar refractivity (Wildman–Crippen MR) is 106 cm³/mol. The first-order valence-electron chi connectivity index (χ1n) is 9.03. The number of rotatable bonds is 5. The zero-order valence-electron chi connectivity index (χ0n) is 15.5. The van der Waals surface area contributed by atoms with Gasteiger partial charge in [-0.3, -0.25) is 4.79 Å². The Morgan fingerprint density at radius 1 is 1.15 bits per heavy atom. The van der Waals surface area contributed by atoms with Crippen LogP contribution in [0.25, 0.3) is 6.08 Å². The topological polar surface area (TPSA) is 32.8 Å². The lowest BCUT2D eigenvalue weighted by molar-refractivity contribution is -0.125. The van der Waals surface area contributed by atoms with E-state index < -0.39 is 0 Å². The van der Waals surface area contributed by atoms with Crippen molar-refractivity contribution in [3.05, 3.63) is 71.3 Å².